The molecule has 2 aliphatic rings. The first-order valence-corrected chi connectivity index (χ1v) is 11.6. The number of thiazole rings is 1. The lowest BCUT2D eigenvalue weighted by atomic mass is 10.1. The van der Waals surface area contributed by atoms with Crippen molar-refractivity contribution in [2.75, 3.05) is 38.3 Å². The zero-order chi connectivity index (χ0) is 20.9. The van der Waals surface area contributed by atoms with Crippen LogP contribution < -0.4 is 14.4 Å². The Hall–Kier alpha value is -2.36. The maximum absolute atomic E-state index is 12.7. The van der Waals surface area contributed by atoms with Crippen LogP contribution in [0.2, 0.25) is 0 Å². The van der Waals surface area contributed by atoms with Crippen LogP contribution in [0, 0.1) is 5.41 Å². The summed E-state index contributed by atoms with van der Waals surface area (Å²) in [6.45, 7) is 3.82. The first-order valence-electron chi connectivity index (χ1n) is 9.91. The smallest absolute Gasteiger partial charge is 0.273 e. The van der Waals surface area contributed by atoms with E-state index in [1.165, 1.54) is 35.5 Å². The van der Waals surface area contributed by atoms with Gasteiger partial charge in [0.15, 0.2) is 21.8 Å². The monoisotopic (exact) mass is 444 g/mol. The number of thioether (sulfide) groups is 1. The molecule has 1 aromatic carbocycles. The molecule has 2 aromatic rings. The predicted octanol–water partition coefficient (Wildman–Crippen LogP) is 4.07. The molecule has 2 aliphatic heterocycles. The molecule has 4 rings (SSSR count). The van der Waals surface area contributed by atoms with Crippen molar-refractivity contribution in [3.63, 3.8) is 0 Å². The molecule has 0 spiro atoms. The normalized spacial score (nSPS) is 19.0. The van der Waals surface area contributed by atoms with E-state index in [2.05, 4.69) is 9.88 Å². The minimum atomic E-state index is -0.235. The molecule has 0 saturated carbocycles. The van der Waals surface area contributed by atoms with Crippen molar-refractivity contribution in [3.05, 3.63) is 40.2 Å². The molecule has 1 N–H and O–H groups in total. The summed E-state index contributed by atoms with van der Waals surface area (Å²) >= 11 is 2.47. The third-order valence-electron chi connectivity index (χ3n) is 5.03. The van der Waals surface area contributed by atoms with E-state index in [1.807, 2.05) is 18.2 Å². The lowest BCUT2D eigenvalue weighted by Crippen LogP contribution is -2.33. The zero-order valence-corrected chi connectivity index (χ0v) is 18.4. The Morgan fingerprint density at radius 2 is 2.07 bits per heavy atom. The van der Waals surface area contributed by atoms with E-state index in [0.29, 0.717) is 28.1 Å². The van der Waals surface area contributed by atoms with Crippen LogP contribution in [0.5, 0.6) is 11.5 Å². The molecule has 1 amide bonds. The Morgan fingerprint density at radius 1 is 1.23 bits per heavy atom. The van der Waals surface area contributed by atoms with Gasteiger partial charge in [-0.05, 0) is 61.5 Å². The average molecular weight is 445 g/mol. The van der Waals surface area contributed by atoms with Gasteiger partial charge in [-0.2, -0.15) is 0 Å². The van der Waals surface area contributed by atoms with Crippen molar-refractivity contribution in [2.24, 2.45) is 0 Å². The van der Waals surface area contributed by atoms with Gasteiger partial charge in [-0.15, -0.1) is 11.3 Å². The number of rotatable bonds is 7. The standard InChI is InChI=1S/C21H24N4O3S2/c1-27-17-13-15(5-6-16(17)28-11-10-24-8-3-2-4-9-24)14-18-19(26)25(20(22)30-18)21-23-7-12-29-21/h5-7,12-14,22H,2-4,8-11H2,1H3/b18-14+,22-20?. The van der Waals surface area contributed by atoms with Crippen molar-refractivity contribution in [3.8, 4) is 11.5 Å². The van der Waals surface area contributed by atoms with Crippen LogP contribution in [-0.4, -0.2) is 54.3 Å². The Bertz CT molecular complexity index is 940. The second-order valence-electron chi connectivity index (χ2n) is 7.03. The summed E-state index contributed by atoms with van der Waals surface area (Å²) in [5.41, 5.74) is 0.819. The minimum absolute atomic E-state index is 0.158. The van der Waals surface area contributed by atoms with E-state index in [9.17, 15) is 4.79 Å². The molecular formula is C21H24N4O3S2. The highest BCUT2D eigenvalue weighted by atomic mass is 32.2. The number of piperidine rings is 1. The van der Waals surface area contributed by atoms with Crippen LogP contribution in [-0.2, 0) is 4.79 Å². The van der Waals surface area contributed by atoms with Crippen LogP contribution in [0.3, 0.4) is 0 Å². The van der Waals surface area contributed by atoms with Crippen LogP contribution >= 0.6 is 23.1 Å². The number of nitrogens with one attached hydrogen (secondary N) is 1. The zero-order valence-electron chi connectivity index (χ0n) is 16.8. The fraction of sp³-hybridized carbons (Fsp3) is 0.381. The van der Waals surface area contributed by atoms with Crippen molar-refractivity contribution in [1.82, 2.24) is 9.88 Å². The number of anilines is 1. The Balaban J connectivity index is 1.43. The second-order valence-corrected chi connectivity index (χ2v) is 8.94. The van der Waals surface area contributed by atoms with Crippen LogP contribution in [0.15, 0.2) is 34.7 Å². The summed E-state index contributed by atoms with van der Waals surface area (Å²) < 4.78 is 11.5. The number of amides is 1. The van der Waals surface area contributed by atoms with Gasteiger partial charge in [-0.25, -0.2) is 9.88 Å². The van der Waals surface area contributed by atoms with E-state index in [1.54, 1.807) is 24.8 Å². The molecule has 0 aliphatic carbocycles. The van der Waals surface area contributed by atoms with Gasteiger partial charge in [0, 0.05) is 18.1 Å². The third-order valence-corrected chi connectivity index (χ3v) is 6.68. The number of hydrogen-bond acceptors (Lipinski definition) is 8. The number of methoxy groups -OCH3 is 1. The van der Waals surface area contributed by atoms with Gasteiger partial charge in [0.2, 0.25) is 0 Å². The first-order chi connectivity index (χ1) is 14.7. The molecule has 1 aromatic heterocycles. The Kier molecular flexibility index (Phi) is 6.71. The van der Waals surface area contributed by atoms with Gasteiger partial charge >= 0.3 is 0 Å². The molecule has 7 nitrogen and oxygen atoms in total. The molecule has 30 heavy (non-hydrogen) atoms. The maximum atomic E-state index is 12.7. The highest BCUT2D eigenvalue weighted by Gasteiger charge is 2.35. The SMILES string of the molecule is COc1cc(/C=C2/SC(=N)N(c3nccs3)C2=O)ccc1OCCN1CCCCC1. The fourth-order valence-electron chi connectivity index (χ4n) is 3.50. The Morgan fingerprint density at radius 3 is 2.80 bits per heavy atom. The highest BCUT2D eigenvalue weighted by Crippen LogP contribution is 2.37. The molecule has 0 radical (unpaired) electrons. The molecule has 2 saturated heterocycles. The predicted molar refractivity (Wildman–Crippen MR) is 122 cm³/mol. The largest absolute Gasteiger partial charge is 0.493 e. The molecular weight excluding hydrogens is 420 g/mol. The molecule has 0 atom stereocenters. The van der Waals surface area contributed by atoms with E-state index < -0.39 is 0 Å². The topological polar surface area (TPSA) is 78.8 Å². The number of amidine groups is 1. The quantitative estimate of drug-likeness (QED) is 0.649. The second kappa shape index (κ2) is 9.63. The Labute approximate surface area is 184 Å². The number of carbonyl (C=O) groups excluding carboxylic acids is 1. The first kappa shape index (κ1) is 20.9. The van der Waals surface area contributed by atoms with E-state index in [0.717, 1.165) is 37.0 Å². The summed E-state index contributed by atoms with van der Waals surface area (Å²) in [5.74, 6) is 1.09. The van der Waals surface area contributed by atoms with Gasteiger partial charge in [0.05, 0.1) is 12.0 Å². The summed E-state index contributed by atoms with van der Waals surface area (Å²) in [6.07, 6.45) is 7.25. The summed E-state index contributed by atoms with van der Waals surface area (Å²) in [6, 6.07) is 5.62. The summed E-state index contributed by atoms with van der Waals surface area (Å²) in [4.78, 5) is 21.1. The van der Waals surface area contributed by atoms with Crippen molar-refractivity contribution >= 4 is 45.4 Å². The number of carbonyl (C=O) groups is 1. The third kappa shape index (κ3) is 4.69. The summed E-state index contributed by atoms with van der Waals surface area (Å²) in [5, 5.41) is 10.6. The molecule has 0 unspecified atom stereocenters. The fourth-order valence-corrected chi connectivity index (χ4v) is 5.04. The van der Waals surface area contributed by atoms with Crippen LogP contribution in [0.25, 0.3) is 6.08 Å². The number of hydrogen-bond donors (Lipinski definition) is 1. The van der Waals surface area contributed by atoms with Crippen LogP contribution in [0.1, 0.15) is 24.8 Å². The molecule has 158 valence electrons. The molecule has 9 heteroatoms. The van der Waals surface area contributed by atoms with Gasteiger partial charge in [-0.1, -0.05) is 12.5 Å². The average Bonchev–Trinajstić information content (AvgIpc) is 3.37. The maximum Gasteiger partial charge on any atom is 0.273 e. The lowest BCUT2D eigenvalue weighted by Gasteiger charge is -2.26. The molecule has 3 heterocycles. The number of nitrogens with zero attached hydrogens (tertiary/aromatic N) is 3. The van der Waals surface area contributed by atoms with Crippen LogP contribution in [0.4, 0.5) is 5.13 Å². The van der Waals surface area contributed by atoms with E-state index in [4.69, 9.17) is 14.9 Å². The molecule has 2 fully saturated rings. The number of likely N-dealkylation sites (tertiary alicyclic amines) is 1. The van der Waals surface area contributed by atoms with Gasteiger partial charge in [0.1, 0.15) is 6.61 Å². The van der Waals surface area contributed by atoms with Gasteiger partial charge < -0.3 is 9.47 Å². The van der Waals surface area contributed by atoms with E-state index in [-0.39, 0.29) is 11.1 Å². The number of aromatic nitrogens is 1. The van der Waals surface area contributed by atoms with Crippen molar-refractivity contribution in [2.45, 2.75) is 19.3 Å². The molecule has 0 bridgehead atoms. The number of ether oxygens (including phenoxy) is 2. The van der Waals surface area contributed by atoms with Gasteiger partial charge in [-0.3, -0.25) is 15.1 Å². The minimum Gasteiger partial charge on any atom is -0.493 e. The summed E-state index contributed by atoms with van der Waals surface area (Å²) in [7, 11) is 1.61. The van der Waals surface area contributed by atoms with Crippen molar-refractivity contribution < 1.29 is 14.3 Å². The van der Waals surface area contributed by atoms with Gasteiger partial charge in [0.25, 0.3) is 5.91 Å². The van der Waals surface area contributed by atoms with E-state index >= 15 is 0 Å². The highest BCUT2D eigenvalue weighted by molar-refractivity contribution is 8.19. The lowest BCUT2D eigenvalue weighted by molar-refractivity contribution is -0.113. The number of benzene rings is 1. The van der Waals surface area contributed by atoms with Crippen molar-refractivity contribution in [1.29, 1.82) is 5.41 Å².